The molecule has 5 nitrogen and oxygen atoms in total. The summed E-state index contributed by atoms with van der Waals surface area (Å²) < 4.78 is 5.26. The van der Waals surface area contributed by atoms with Crippen LogP contribution in [-0.4, -0.2) is 29.3 Å². The third-order valence-corrected chi connectivity index (χ3v) is 4.98. The Morgan fingerprint density at radius 1 is 1.12 bits per heavy atom. The molecule has 1 aromatic heterocycles. The van der Waals surface area contributed by atoms with E-state index in [0.717, 1.165) is 4.88 Å². The Morgan fingerprint density at radius 3 is 2.35 bits per heavy atom. The molecule has 0 aliphatic rings. The molecule has 1 amide bonds. The van der Waals surface area contributed by atoms with Crippen LogP contribution < -0.4 is 5.32 Å². The topological polar surface area (TPSA) is 75.6 Å². The molecule has 2 aromatic rings. The van der Waals surface area contributed by atoms with Crippen LogP contribution >= 0.6 is 11.3 Å². The van der Waals surface area contributed by atoms with Crippen LogP contribution in [0.4, 0.5) is 4.79 Å². The van der Waals surface area contributed by atoms with E-state index in [2.05, 4.69) is 5.32 Å². The molecular weight excluding hydrogens is 350 g/mol. The van der Waals surface area contributed by atoms with E-state index in [-0.39, 0.29) is 6.54 Å². The first-order valence-electron chi connectivity index (χ1n) is 8.51. The van der Waals surface area contributed by atoms with Crippen LogP contribution in [0.2, 0.25) is 0 Å². The number of carboxylic acid groups (broad SMARTS) is 1. The van der Waals surface area contributed by atoms with Gasteiger partial charge in [-0.25, -0.2) is 4.79 Å². The summed E-state index contributed by atoms with van der Waals surface area (Å²) in [6.07, 6.45) is 0.382. The highest BCUT2D eigenvalue weighted by atomic mass is 32.1. The molecule has 0 aliphatic heterocycles. The van der Waals surface area contributed by atoms with Gasteiger partial charge >= 0.3 is 12.1 Å². The van der Waals surface area contributed by atoms with Gasteiger partial charge in [-0.2, -0.15) is 0 Å². The lowest BCUT2D eigenvalue weighted by atomic mass is 9.76. The second-order valence-corrected chi connectivity index (χ2v) is 8.22. The van der Waals surface area contributed by atoms with Crippen molar-refractivity contribution in [1.29, 1.82) is 0 Å². The Hall–Kier alpha value is -2.34. The lowest BCUT2D eigenvalue weighted by molar-refractivity contribution is -0.144. The number of thiophene rings is 1. The summed E-state index contributed by atoms with van der Waals surface area (Å²) >= 11 is 1.60. The quantitative estimate of drug-likeness (QED) is 0.759. The van der Waals surface area contributed by atoms with Crippen molar-refractivity contribution in [3.05, 3.63) is 58.3 Å². The molecule has 1 atom stereocenters. The molecular formula is C20H25NO4S. The van der Waals surface area contributed by atoms with Gasteiger partial charge in [0, 0.05) is 11.4 Å². The van der Waals surface area contributed by atoms with E-state index in [4.69, 9.17) is 4.74 Å². The SMILES string of the molecule is CC(C)(C)OC(=O)NCC(CCc1cccs1)(C(=O)O)c1ccccc1. The number of benzene rings is 1. The number of aliphatic carboxylic acids is 1. The Kier molecular flexibility index (Phi) is 6.42. The zero-order chi connectivity index (χ0) is 19.2. The van der Waals surface area contributed by atoms with Gasteiger partial charge in [-0.15, -0.1) is 11.3 Å². The van der Waals surface area contributed by atoms with Crippen LogP contribution in [0, 0.1) is 0 Å². The molecule has 0 radical (unpaired) electrons. The number of alkyl carbamates (subject to hydrolysis) is 1. The van der Waals surface area contributed by atoms with E-state index < -0.39 is 23.1 Å². The Bertz CT molecular complexity index is 722. The van der Waals surface area contributed by atoms with Gasteiger partial charge in [0.05, 0.1) is 0 Å². The van der Waals surface area contributed by atoms with E-state index >= 15 is 0 Å². The average Bonchev–Trinajstić information content (AvgIpc) is 3.07. The second kappa shape index (κ2) is 8.36. The van der Waals surface area contributed by atoms with Crippen LogP contribution in [0.3, 0.4) is 0 Å². The zero-order valence-corrected chi connectivity index (χ0v) is 16.1. The number of carbonyl (C=O) groups is 2. The molecule has 140 valence electrons. The number of hydrogen-bond donors (Lipinski definition) is 2. The standard InChI is InChI=1S/C20H25NO4S/c1-19(2,3)25-18(24)21-14-20(17(22)23,15-8-5-4-6-9-15)12-11-16-10-7-13-26-16/h4-10,13H,11-12,14H2,1-3H3,(H,21,24)(H,22,23). The number of carboxylic acids is 1. The molecule has 0 aliphatic carbocycles. The van der Waals surface area contributed by atoms with Crippen LogP contribution in [0.15, 0.2) is 47.8 Å². The minimum absolute atomic E-state index is 0.0351. The summed E-state index contributed by atoms with van der Waals surface area (Å²) in [5.41, 5.74) is -1.19. The van der Waals surface area contributed by atoms with Crippen molar-refractivity contribution in [3.8, 4) is 0 Å². The Labute approximate surface area is 158 Å². The first-order valence-corrected chi connectivity index (χ1v) is 9.39. The largest absolute Gasteiger partial charge is 0.481 e. The third-order valence-electron chi connectivity index (χ3n) is 4.05. The van der Waals surface area contributed by atoms with E-state index in [1.54, 1.807) is 44.2 Å². The number of ether oxygens (including phenoxy) is 1. The average molecular weight is 375 g/mol. The van der Waals surface area contributed by atoms with Gasteiger partial charge in [0.25, 0.3) is 0 Å². The molecule has 2 N–H and O–H groups in total. The molecule has 1 heterocycles. The molecule has 0 fully saturated rings. The van der Waals surface area contributed by atoms with Gasteiger partial charge in [-0.05, 0) is 50.6 Å². The van der Waals surface area contributed by atoms with Crippen LogP contribution in [0.1, 0.15) is 37.6 Å². The van der Waals surface area contributed by atoms with Crippen molar-refractivity contribution in [2.45, 2.75) is 44.6 Å². The van der Waals surface area contributed by atoms with Crippen molar-refractivity contribution in [2.24, 2.45) is 0 Å². The minimum atomic E-state index is -1.22. The fourth-order valence-electron chi connectivity index (χ4n) is 2.73. The fraction of sp³-hybridized carbons (Fsp3) is 0.400. The van der Waals surface area contributed by atoms with E-state index in [1.165, 1.54) is 0 Å². The van der Waals surface area contributed by atoms with Crippen molar-refractivity contribution in [3.63, 3.8) is 0 Å². The molecule has 26 heavy (non-hydrogen) atoms. The van der Waals surface area contributed by atoms with Gasteiger partial charge in [-0.1, -0.05) is 36.4 Å². The maximum Gasteiger partial charge on any atom is 0.407 e. The van der Waals surface area contributed by atoms with Crippen LogP contribution in [0.25, 0.3) is 0 Å². The summed E-state index contributed by atoms with van der Waals surface area (Å²) in [7, 11) is 0. The summed E-state index contributed by atoms with van der Waals surface area (Å²) in [6, 6.07) is 13.0. The summed E-state index contributed by atoms with van der Waals surface area (Å²) in [5, 5.41) is 14.7. The Morgan fingerprint density at radius 2 is 1.81 bits per heavy atom. The van der Waals surface area contributed by atoms with Crippen LogP contribution in [-0.2, 0) is 21.4 Å². The monoisotopic (exact) mass is 375 g/mol. The van der Waals surface area contributed by atoms with Crippen molar-refractivity contribution in [1.82, 2.24) is 5.32 Å². The molecule has 1 unspecified atom stereocenters. The Balaban J connectivity index is 2.24. The molecule has 0 spiro atoms. The highest BCUT2D eigenvalue weighted by Gasteiger charge is 2.40. The van der Waals surface area contributed by atoms with E-state index in [9.17, 15) is 14.7 Å². The summed E-state index contributed by atoms with van der Waals surface area (Å²) in [4.78, 5) is 25.5. The van der Waals surface area contributed by atoms with Crippen molar-refractivity contribution < 1.29 is 19.4 Å². The first kappa shape index (κ1) is 20.0. The number of nitrogens with one attached hydrogen (secondary N) is 1. The van der Waals surface area contributed by atoms with Gasteiger partial charge in [0.15, 0.2) is 0 Å². The minimum Gasteiger partial charge on any atom is -0.481 e. The number of rotatable bonds is 7. The lowest BCUT2D eigenvalue weighted by Crippen LogP contribution is -2.48. The maximum atomic E-state index is 12.3. The second-order valence-electron chi connectivity index (χ2n) is 7.19. The molecule has 0 saturated carbocycles. The predicted octanol–water partition coefficient (Wildman–Crippen LogP) is 4.23. The fourth-order valence-corrected chi connectivity index (χ4v) is 3.44. The van der Waals surface area contributed by atoms with Gasteiger partial charge in [0.1, 0.15) is 11.0 Å². The molecule has 1 aromatic carbocycles. The number of carbonyl (C=O) groups excluding carboxylic acids is 1. The molecule has 0 saturated heterocycles. The van der Waals surface area contributed by atoms with E-state index in [0.29, 0.717) is 18.4 Å². The predicted molar refractivity (Wildman–Crippen MR) is 103 cm³/mol. The first-order chi connectivity index (χ1) is 12.2. The molecule has 6 heteroatoms. The summed E-state index contributed by atoms with van der Waals surface area (Å²) in [5.74, 6) is -0.962. The van der Waals surface area contributed by atoms with Gasteiger partial charge < -0.3 is 15.2 Å². The number of hydrogen-bond acceptors (Lipinski definition) is 4. The summed E-state index contributed by atoms with van der Waals surface area (Å²) in [6.45, 7) is 5.27. The highest BCUT2D eigenvalue weighted by Crippen LogP contribution is 2.31. The van der Waals surface area contributed by atoms with Crippen LogP contribution in [0.5, 0.6) is 0 Å². The van der Waals surface area contributed by atoms with Crippen molar-refractivity contribution in [2.75, 3.05) is 6.54 Å². The highest BCUT2D eigenvalue weighted by molar-refractivity contribution is 7.09. The van der Waals surface area contributed by atoms with E-state index in [1.807, 2.05) is 35.7 Å². The van der Waals surface area contributed by atoms with Gasteiger partial charge in [0.2, 0.25) is 0 Å². The normalized spacial score (nSPS) is 13.7. The molecule has 0 bridgehead atoms. The maximum absolute atomic E-state index is 12.3. The number of amides is 1. The zero-order valence-electron chi connectivity index (χ0n) is 15.3. The third kappa shape index (κ3) is 5.33. The smallest absolute Gasteiger partial charge is 0.407 e. The van der Waals surface area contributed by atoms with Gasteiger partial charge in [-0.3, -0.25) is 4.79 Å². The van der Waals surface area contributed by atoms with Crippen molar-refractivity contribution >= 4 is 23.4 Å². The number of aryl methyl sites for hydroxylation is 1. The lowest BCUT2D eigenvalue weighted by Gasteiger charge is -2.31. The molecule has 2 rings (SSSR count).